The van der Waals surface area contributed by atoms with E-state index in [0.717, 1.165) is 25.9 Å². The normalized spacial score (nSPS) is 18.7. The molecule has 2 rings (SSSR count). The van der Waals surface area contributed by atoms with E-state index in [0.29, 0.717) is 16.8 Å². The van der Waals surface area contributed by atoms with E-state index in [2.05, 4.69) is 17.3 Å². The Balaban J connectivity index is 2.04. The minimum Gasteiger partial charge on any atom is -0.379 e. The molecule has 1 aromatic carbocycles. The molecule has 0 atom stereocenters. The van der Waals surface area contributed by atoms with Crippen molar-refractivity contribution >= 4 is 17.3 Å². The highest BCUT2D eigenvalue weighted by molar-refractivity contribution is 6.33. The number of hydrogen-bond acceptors (Lipinski definition) is 2. The predicted octanol–water partition coefficient (Wildman–Crippen LogP) is 2.99. The van der Waals surface area contributed by atoms with Crippen molar-refractivity contribution in [1.29, 1.82) is 0 Å². The van der Waals surface area contributed by atoms with Gasteiger partial charge in [0.05, 0.1) is 10.7 Å². The van der Waals surface area contributed by atoms with Gasteiger partial charge in [-0.3, -0.25) is 0 Å². The van der Waals surface area contributed by atoms with Gasteiger partial charge in [-0.05, 0) is 45.1 Å². The monoisotopic (exact) mass is 242 g/mol. The largest absolute Gasteiger partial charge is 0.379 e. The highest BCUT2D eigenvalue weighted by Crippen LogP contribution is 2.26. The van der Waals surface area contributed by atoms with Crippen LogP contribution in [0, 0.1) is 5.82 Å². The minimum atomic E-state index is -0.272. The summed E-state index contributed by atoms with van der Waals surface area (Å²) in [5.41, 5.74) is 0.443. The molecule has 1 aromatic rings. The van der Waals surface area contributed by atoms with Gasteiger partial charge in [-0.1, -0.05) is 17.7 Å². The Kier molecular flexibility index (Phi) is 3.66. The van der Waals surface area contributed by atoms with Gasteiger partial charge in [0.2, 0.25) is 0 Å². The summed E-state index contributed by atoms with van der Waals surface area (Å²) in [6.07, 6.45) is 2.06. The molecule has 0 unspecified atom stereocenters. The molecule has 1 fully saturated rings. The van der Waals surface area contributed by atoms with Crippen molar-refractivity contribution in [1.82, 2.24) is 4.90 Å². The Morgan fingerprint density at radius 2 is 2.06 bits per heavy atom. The quantitative estimate of drug-likeness (QED) is 0.858. The van der Waals surface area contributed by atoms with Gasteiger partial charge in [-0.2, -0.15) is 0 Å². The van der Waals surface area contributed by atoms with Crippen LogP contribution in [0.3, 0.4) is 0 Å². The third-order valence-electron chi connectivity index (χ3n) is 3.03. The average molecular weight is 243 g/mol. The Morgan fingerprint density at radius 3 is 2.69 bits per heavy atom. The van der Waals surface area contributed by atoms with Crippen LogP contribution in [0.1, 0.15) is 12.8 Å². The zero-order valence-electron chi connectivity index (χ0n) is 9.34. The fourth-order valence-corrected chi connectivity index (χ4v) is 2.21. The van der Waals surface area contributed by atoms with Crippen LogP contribution in [0.2, 0.25) is 5.02 Å². The van der Waals surface area contributed by atoms with Gasteiger partial charge in [-0.15, -0.1) is 0 Å². The third-order valence-corrected chi connectivity index (χ3v) is 3.34. The molecule has 1 aliphatic rings. The van der Waals surface area contributed by atoms with Crippen molar-refractivity contribution in [2.24, 2.45) is 0 Å². The van der Waals surface area contributed by atoms with Crippen LogP contribution in [0.25, 0.3) is 0 Å². The lowest BCUT2D eigenvalue weighted by molar-refractivity contribution is 0.263. The number of anilines is 1. The van der Waals surface area contributed by atoms with Crippen molar-refractivity contribution in [3.63, 3.8) is 0 Å². The van der Waals surface area contributed by atoms with Gasteiger partial charge < -0.3 is 10.2 Å². The molecule has 0 bridgehead atoms. The van der Waals surface area contributed by atoms with Crippen molar-refractivity contribution in [3.8, 4) is 0 Å². The summed E-state index contributed by atoms with van der Waals surface area (Å²) >= 11 is 5.96. The van der Waals surface area contributed by atoms with E-state index in [1.165, 1.54) is 6.07 Å². The van der Waals surface area contributed by atoms with E-state index in [4.69, 9.17) is 11.6 Å². The van der Waals surface area contributed by atoms with Crippen LogP contribution in [-0.4, -0.2) is 31.1 Å². The number of nitrogens with zero attached hydrogens (tertiary/aromatic N) is 1. The van der Waals surface area contributed by atoms with Gasteiger partial charge >= 0.3 is 0 Å². The van der Waals surface area contributed by atoms with Gasteiger partial charge in [0.1, 0.15) is 5.82 Å². The highest BCUT2D eigenvalue weighted by atomic mass is 35.5. The number of hydrogen-bond donors (Lipinski definition) is 1. The molecule has 1 heterocycles. The lowest BCUT2D eigenvalue weighted by Crippen LogP contribution is -2.36. The number of halogens is 2. The molecule has 4 heteroatoms. The molecule has 0 radical (unpaired) electrons. The predicted molar refractivity (Wildman–Crippen MR) is 65.6 cm³/mol. The van der Waals surface area contributed by atoms with Crippen LogP contribution < -0.4 is 5.32 Å². The van der Waals surface area contributed by atoms with Crippen LogP contribution >= 0.6 is 11.6 Å². The number of para-hydroxylation sites is 1. The molecule has 0 amide bonds. The summed E-state index contributed by atoms with van der Waals surface area (Å²) < 4.78 is 13.5. The third kappa shape index (κ3) is 2.66. The zero-order chi connectivity index (χ0) is 11.5. The summed E-state index contributed by atoms with van der Waals surface area (Å²) in [6.45, 7) is 2.09. The summed E-state index contributed by atoms with van der Waals surface area (Å²) in [6, 6.07) is 5.09. The smallest absolute Gasteiger partial charge is 0.147 e. The van der Waals surface area contributed by atoms with Gasteiger partial charge in [0, 0.05) is 6.04 Å². The lowest BCUT2D eigenvalue weighted by atomic mass is 10.1. The molecule has 1 aliphatic heterocycles. The van der Waals surface area contributed by atoms with Crippen LogP contribution in [0.15, 0.2) is 18.2 Å². The summed E-state index contributed by atoms with van der Waals surface area (Å²) in [5, 5.41) is 3.66. The molecule has 0 aromatic heterocycles. The topological polar surface area (TPSA) is 15.3 Å². The first kappa shape index (κ1) is 11.7. The fourth-order valence-electron chi connectivity index (χ4n) is 1.99. The fraction of sp³-hybridized carbons (Fsp3) is 0.500. The molecular weight excluding hydrogens is 227 g/mol. The first-order chi connectivity index (χ1) is 7.66. The van der Waals surface area contributed by atoms with Gasteiger partial charge in [0.15, 0.2) is 0 Å². The van der Waals surface area contributed by atoms with Gasteiger partial charge in [-0.25, -0.2) is 4.39 Å². The SMILES string of the molecule is CN1CCC(Nc2c(F)cccc2Cl)CC1. The van der Waals surface area contributed by atoms with Crippen molar-refractivity contribution < 1.29 is 4.39 Å². The maximum absolute atomic E-state index is 13.5. The van der Waals surface area contributed by atoms with Gasteiger partial charge in [0.25, 0.3) is 0 Å². The second-order valence-electron chi connectivity index (χ2n) is 4.32. The molecule has 1 N–H and O–H groups in total. The first-order valence-electron chi connectivity index (χ1n) is 5.56. The second-order valence-corrected chi connectivity index (χ2v) is 4.73. The highest BCUT2D eigenvalue weighted by Gasteiger charge is 2.18. The second kappa shape index (κ2) is 5.02. The molecule has 0 aliphatic carbocycles. The molecule has 88 valence electrons. The van der Waals surface area contributed by atoms with E-state index in [1.807, 2.05) is 0 Å². The Labute approximate surface area is 100 Å². The molecule has 1 saturated heterocycles. The first-order valence-corrected chi connectivity index (χ1v) is 5.93. The van der Waals surface area contributed by atoms with Crippen LogP contribution in [-0.2, 0) is 0 Å². The van der Waals surface area contributed by atoms with E-state index < -0.39 is 0 Å². The summed E-state index contributed by atoms with van der Waals surface area (Å²) in [5.74, 6) is -0.272. The number of rotatable bonds is 2. The maximum atomic E-state index is 13.5. The maximum Gasteiger partial charge on any atom is 0.147 e. The molecular formula is C12H16ClFN2. The standard InChI is InChI=1S/C12H16ClFN2/c1-16-7-5-9(6-8-16)15-12-10(13)3-2-4-11(12)14/h2-4,9,15H,5-8H2,1H3. The molecule has 2 nitrogen and oxygen atoms in total. The molecule has 0 saturated carbocycles. The van der Waals surface area contributed by atoms with Crippen molar-refractivity contribution in [2.75, 3.05) is 25.5 Å². The molecule has 16 heavy (non-hydrogen) atoms. The average Bonchev–Trinajstić information content (AvgIpc) is 2.26. The minimum absolute atomic E-state index is 0.272. The lowest BCUT2D eigenvalue weighted by Gasteiger charge is -2.30. The van der Waals surface area contributed by atoms with Crippen molar-refractivity contribution in [3.05, 3.63) is 29.0 Å². The summed E-state index contributed by atoms with van der Waals surface area (Å²) in [4.78, 5) is 2.28. The van der Waals surface area contributed by atoms with Crippen LogP contribution in [0.5, 0.6) is 0 Å². The van der Waals surface area contributed by atoms with Crippen molar-refractivity contribution in [2.45, 2.75) is 18.9 Å². The molecule has 0 spiro atoms. The van der Waals surface area contributed by atoms with E-state index in [9.17, 15) is 4.39 Å². The van der Waals surface area contributed by atoms with E-state index >= 15 is 0 Å². The number of nitrogens with one attached hydrogen (secondary N) is 1. The Hall–Kier alpha value is -0.800. The van der Waals surface area contributed by atoms with Crippen LogP contribution in [0.4, 0.5) is 10.1 Å². The Bertz CT molecular complexity index is 342. The Morgan fingerprint density at radius 1 is 1.38 bits per heavy atom. The number of likely N-dealkylation sites (tertiary alicyclic amines) is 1. The van der Waals surface area contributed by atoms with E-state index in [1.54, 1.807) is 12.1 Å². The van der Waals surface area contributed by atoms with E-state index in [-0.39, 0.29) is 5.82 Å². The number of benzene rings is 1. The number of piperidine rings is 1. The summed E-state index contributed by atoms with van der Waals surface area (Å²) in [7, 11) is 2.10. The zero-order valence-corrected chi connectivity index (χ0v) is 10.1.